The van der Waals surface area contributed by atoms with Crippen molar-refractivity contribution in [3.05, 3.63) is 35.9 Å². The fourth-order valence-electron chi connectivity index (χ4n) is 1.39. The van der Waals surface area contributed by atoms with E-state index in [1.807, 2.05) is 30.3 Å². The third-order valence-electron chi connectivity index (χ3n) is 2.12. The van der Waals surface area contributed by atoms with Crippen LogP contribution in [0.15, 0.2) is 30.3 Å². The van der Waals surface area contributed by atoms with Crippen molar-refractivity contribution in [3.63, 3.8) is 0 Å². The van der Waals surface area contributed by atoms with E-state index in [1.165, 1.54) is 0 Å². The molecule has 1 aromatic rings. The maximum absolute atomic E-state index is 11.4. The Balaban J connectivity index is 2.50. The number of hydrogen-bond donors (Lipinski definition) is 1. The Kier molecular flexibility index (Phi) is 5.09. The Morgan fingerprint density at radius 1 is 1.41 bits per heavy atom. The van der Waals surface area contributed by atoms with E-state index in [0.717, 1.165) is 5.56 Å². The van der Waals surface area contributed by atoms with Crippen LogP contribution in [0, 0.1) is 12.3 Å². The van der Waals surface area contributed by atoms with Crippen molar-refractivity contribution in [2.24, 2.45) is 0 Å². The molecule has 1 rings (SSSR count). The molecule has 0 spiro atoms. The molecule has 0 fully saturated rings. The van der Waals surface area contributed by atoms with Gasteiger partial charge in [0, 0.05) is 6.42 Å². The van der Waals surface area contributed by atoms with Crippen LogP contribution in [-0.2, 0) is 11.2 Å². The van der Waals surface area contributed by atoms with Crippen LogP contribution in [0.2, 0.25) is 0 Å². The van der Waals surface area contributed by atoms with Crippen LogP contribution in [-0.4, -0.2) is 18.2 Å². The van der Waals surface area contributed by atoms with Gasteiger partial charge in [0.15, 0.2) is 0 Å². The minimum atomic E-state index is -0.473. The predicted octanol–water partition coefficient (Wildman–Crippen LogP) is 2.37. The van der Waals surface area contributed by atoms with Crippen LogP contribution in [0.25, 0.3) is 0 Å². The summed E-state index contributed by atoms with van der Waals surface area (Å²) in [5.41, 5.74) is 1.08. The smallest absolute Gasteiger partial charge is 0.408 e. The fraction of sp³-hybridized carbons (Fsp3) is 0.357. The van der Waals surface area contributed by atoms with Gasteiger partial charge in [0.1, 0.15) is 0 Å². The van der Waals surface area contributed by atoms with Gasteiger partial charge in [-0.15, -0.1) is 6.42 Å². The molecule has 0 aliphatic rings. The molecule has 0 saturated carbocycles. The summed E-state index contributed by atoms with van der Waals surface area (Å²) in [6, 6.07) is 9.42. The highest BCUT2D eigenvalue weighted by atomic mass is 16.6. The highest BCUT2D eigenvalue weighted by Gasteiger charge is 2.12. The molecule has 3 heteroatoms. The zero-order valence-electron chi connectivity index (χ0n) is 10.1. The summed E-state index contributed by atoms with van der Waals surface area (Å²) in [5.74, 6) is 2.54. The van der Waals surface area contributed by atoms with Crippen LogP contribution < -0.4 is 5.32 Å². The van der Waals surface area contributed by atoms with Gasteiger partial charge in [-0.05, 0) is 19.4 Å². The summed E-state index contributed by atoms with van der Waals surface area (Å²) in [7, 11) is 0. The van der Waals surface area contributed by atoms with Crippen molar-refractivity contribution in [2.75, 3.05) is 0 Å². The molecule has 0 aromatic heterocycles. The lowest BCUT2D eigenvalue weighted by Crippen LogP contribution is -2.36. The number of hydrogen-bond acceptors (Lipinski definition) is 2. The van der Waals surface area contributed by atoms with Gasteiger partial charge in [0.2, 0.25) is 0 Å². The lowest BCUT2D eigenvalue weighted by atomic mass is 10.1. The zero-order valence-corrected chi connectivity index (χ0v) is 10.1. The molecular weight excluding hydrogens is 214 g/mol. The zero-order chi connectivity index (χ0) is 12.7. The highest BCUT2D eigenvalue weighted by molar-refractivity contribution is 5.68. The number of terminal acetylenes is 1. The number of alkyl carbamates (subject to hydrolysis) is 1. The third kappa shape index (κ3) is 5.07. The SMILES string of the molecule is C#C[C@H](Cc1ccccc1)NC(=O)OC(C)C. The Morgan fingerprint density at radius 2 is 2.06 bits per heavy atom. The van der Waals surface area contributed by atoms with E-state index in [4.69, 9.17) is 11.2 Å². The Morgan fingerprint density at radius 3 is 2.59 bits per heavy atom. The molecule has 0 unspecified atom stereocenters. The van der Waals surface area contributed by atoms with Gasteiger partial charge in [0.05, 0.1) is 12.1 Å². The summed E-state index contributed by atoms with van der Waals surface area (Å²) in [6.45, 7) is 3.59. The van der Waals surface area contributed by atoms with Crippen molar-refractivity contribution < 1.29 is 9.53 Å². The lowest BCUT2D eigenvalue weighted by molar-refractivity contribution is 0.114. The maximum Gasteiger partial charge on any atom is 0.408 e. The normalized spacial score (nSPS) is 11.6. The number of amides is 1. The first-order valence-electron chi connectivity index (χ1n) is 5.59. The summed E-state index contributed by atoms with van der Waals surface area (Å²) >= 11 is 0. The van der Waals surface area contributed by atoms with Gasteiger partial charge in [-0.1, -0.05) is 36.3 Å². The second-order valence-electron chi connectivity index (χ2n) is 4.01. The molecular formula is C14H17NO2. The standard InChI is InChI=1S/C14H17NO2/c1-4-13(15-14(16)17-11(2)3)10-12-8-6-5-7-9-12/h1,5-9,11,13H,10H2,2-3H3,(H,15,16)/t13-/m1/s1. The van der Waals surface area contributed by atoms with E-state index in [-0.39, 0.29) is 12.1 Å². The number of nitrogens with one attached hydrogen (secondary N) is 1. The van der Waals surface area contributed by atoms with Gasteiger partial charge < -0.3 is 10.1 Å². The minimum Gasteiger partial charge on any atom is -0.447 e. The van der Waals surface area contributed by atoms with E-state index in [0.29, 0.717) is 6.42 Å². The van der Waals surface area contributed by atoms with Crippen LogP contribution in [0.1, 0.15) is 19.4 Å². The van der Waals surface area contributed by atoms with Gasteiger partial charge in [-0.3, -0.25) is 0 Å². The predicted molar refractivity (Wildman–Crippen MR) is 67.5 cm³/mol. The average molecular weight is 231 g/mol. The second-order valence-corrected chi connectivity index (χ2v) is 4.01. The first-order valence-corrected chi connectivity index (χ1v) is 5.59. The summed E-state index contributed by atoms with van der Waals surface area (Å²) < 4.78 is 4.97. The first-order chi connectivity index (χ1) is 8.11. The van der Waals surface area contributed by atoms with Crippen molar-refractivity contribution in [1.29, 1.82) is 0 Å². The number of rotatable bonds is 4. The van der Waals surface area contributed by atoms with Gasteiger partial charge in [0.25, 0.3) is 0 Å². The topological polar surface area (TPSA) is 38.3 Å². The molecule has 1 atom stereocenters. The van der Waals surface area contributed by atoms with Crippen LogP contribution in [0.3, 0.4) is 0 Å². The largest absolute Gasteiger partial charge is 0.447 e. The quantitative estimate of drug-likeness (QED) is 0.808. The number of benzene rings is 1. The molecule has 90 valence electrons. The maximum atomic E-state index is 11.4. The van der Waals surface area contributed by atoms with Crippen molar-refractivity contribution in [2.45, 2.75) is 32.4 Å². The lowest BCUT2D eigenvalue weighted by Gasteiger charge is -2.14. The first kappa shape index (κ1) is 13.1. The van der Waals surface area contributed by atoms with E-state index in [9.17, 15) is 4.79 Å². The van der Waals surface area contributed by atoms with E-state index in [2.05, 4.69) is 11.2 Å². The third-order valence-corrected chi connectivity index (χ3v) is 2.12. The van der Waals surface area contributed by atoms with Crippen molar-refractivity contribution in [3.8, 4) is 12.3 Å². The molecule has 3 nitrogen and oxygen atoms in total. The second kappa shape index (κ2) is 6.59. The molecule has 0 aliphatic heterocycles. The number of ether oxygens (including phenoxy) is 1. The fourth-order valence-corrected chi connectivity index (χ4v) is 1.39. The molecule has 0 saturated heterocycles. The van der Waals surface area contributed by atoms with E-state index < -0.39 is 6.09 Å². The van der Waals surface area contributed by atoms with Crippen LogP contribution in [0.5, 0.6) is 0 Å². The highest BCUT2D eigenvalue weighted by Crippen LogP contribution is 2.03. The molecule has 0 aliphatic carbocycles. The van der Waals surface area contributed by atoms with E-state index in [1.54, 1.807) is 13.8 Å². The molecule has 17 heavy (non-hydrogen) atoms. The molecule has 0 bridgehead atoms. The van der Waals surface area contributed by atoms with Gasteiger partial charge in [-0.25, -0.2) is 4.79 Å². The summed E-state index contributed by atoms with van der Waals surface area (Å²) in [6.07, 6.45) is 5.36. The summed E-state index contributed by atoms with van der Waals surface area (Å²) in [4.78, 5) is 11.4. The monoisotopic (exact) mass is 231 g/mol. The minimum absolute atomic E-state index is 0.148. The van der Waals surface area contributed by atoms with Crippen LogP contribution >= 0.6 is 0 Å². The molecule has 0 radical (unpaired) electrons. The molecule has 1 amide bonds. The van der Waals surface area contributed by atoms with Crippen molar-refractivity contribution in [1.82, 2.24) is 5.32 Å². The number of carbonyl (C=O) groups excluding carboxylic acids is 1. The Labute approximate surface area is 102 Å². The van der Waals surface area contributed by atoms with Gasteiger partial charge in [-0.2, -0.15) is 0 Å². The molecule has 1 N–H and O–H groups in total. The van der Waals surface area contributed by atoms with E-state index >= 15 is 0 Å². The Bertz CT molecular complexity index is 392. The molecule has 1 aromatic carbocycles. The summed E-state index contributed by atoms with van der Waals surface area (Å²) in [5, 5.41) is 2.65. The van der Waals surface area contributed by atoms with Gasteiger partial charge >= 0.3 is 6.09 Å². The van der Waals surface area contributed by atoms with Crippen LogP contribution in [0.4, 0.5) is 4.79 Å². The van der Waals surface area contributed by atoms with Crippen molar-refractivity contribution >= 4 is 6.09 Å². The molecule has 0 heterocycles. The number of carbonyl (C=O) groups is 1. The average Bonchev–Trinajstić information content (AvgIpc) is 2.28. The Hall–Kier alpha value is -1.95.